The van der Waals surface area contributed by atoms with Crippen LogP contribution in [0.25, 0.3) is 22.6 Å². The summed E-state index contributed by atoms with van der Waals surface area (Å²) in [6.07, 6.45) is 0.933. The molecule has 1 heterocycles. The van der Waals surface area contributed by atoms with Crippen LogP contribution in [0.5, 0.6) is 5.75 Å². The highest BCUT2D eigenvalue weighted by molar-refractivity contribution is 7.80. The molecule has 0 fully saturated rings. The first-order chi connectivity index (χ1) is 10.6. The zero-order valence-corrected chi connectivity index (χ0v) is 12.8. The molecular formula is C16H15N3O2S. The summed E-state index contributed by atoms with van der Waals surface area (Å²) in [5, 5.41) is 13.1. The Bertz CT molecular complexity index is 858. The lowest BCUT2D eigenvalue weighted by molar-refractivity contribution is 0.474. The van der Waals surface area contributed by atoms with Crippen molar-refractivity contribution >= 4 is 34.1 Å². The largest absolute Gasteiger partial charge is 0.507 e. The van der Waals surface area contributed by atoms with E-state index in [1.54, 1.807) is 12.1 Å². The van der Waals surface area contributed by atoms with Gasteiger partial charge >= 0.3 is 0 Å². The van der Waals surface area contributed by atoms with Crippen LogP contribution < -0.4 is 11.1 Å². The maximum Gasteiger partial charge on any atom is 0.231 e. The second kappa shape index (κ2) is 5.65. The number of fused-ring (bicyclic) bond motifs is 1. The van der Waals surface area contributed by atoms with Crippen LogP contribution in [0.1, 0.15) is 12.5 Å². The minimum absolute atomic E-state index is 0.0449. The second-order valence-electron chi connectivity index (χ2n) is 4.90. The minimum atomic E-state index is 0.0449. The van der Waals surface area contributed by atoms with E-state index in [0.29, 0.717) is 22.7 Å². The molecule has 22 heavy (non-hydrogen) atoms. The number of aromatic nitrogens is 1. The Labute approximate surface area is 132 Å². The first kappa shape index (κ1) is 14.3. The van der Waals surface area contributed by atoms with E-state index in [0.717, 1.165) is 11.9 Å². The molecule has 6 heteroatoms. The summed E-state index contributed by atoms with van der Waals surface area (Å²) in [4.78, 5) is 4.45. The summed E-state index contributed by atoms with van der Waals surface area (Å²) in [5.41, 5.74) is 9.19. The summed E-state index contributed by atoms with van der Waals surface area (Å²) in [6.45, 7) is 2.08. The number of benzene rings is 2. The van der Waals surface area contributed by atoms with Crippen molar-refractivity contribution in [3.05, 3.63) is 42.0 Å². The maximum absolute atomic E-state index is 10.2. The second-order valence-corrected chi connectivity index (χ2v) is 5.34. The fourth-order valence-electron chi connectivity index (χ4n) is 2.24. The maximum atomic E-state index is 10.2. The summed E-state index contributed by atoms with van der Waals surface area (Å²) in [7, 11) is 0. The summed E-state index contributed by atoms with van der Waals surface area (Å²) >= 11 is 4.77. The monoisotopic (exact) mass is 313 g/mol. The Morgan fingerprint density at radius 3 is 2.82 bits per heavy atom. The van der Waals surface area contributed by atoms with Gasteiger partial charge in [0, 0.05) is 11.8 Å². The van der Waals surface area contributed by atoms with Gasteiger partial charge in [-0.3, -0.25) is 0 Å². The molecule has 0 aliphatic rings. The third kappa shape index (κ3) is 2.73. The molecule has 2 aromatic carbocycles. The molecule has 0 aliphatic heterocycles. The first-order valence-corrected chi connectivity index (χ1v) is 7.27. The van der Waals surface area contributed by atoms with E-state index in [9.17, 15) is 5.11 Å². The molecular weight excluding hydrogens is 298 g/mol. The highest BCUT2D eigenvalue weighted by Crippen LogP contribution is 2.33. The number of rotatable bonds is 3. The van der Waals surface area contributed by atoms with Crippen LogP contribution in [0.15, 0.2) is 40.8 Å². The van der Waals surface area contributed by atoms with E-state index in [1.165, 1.54) is 11.6 Å². The number of nitrogens with one attached hydrogen (secondary N) is 1. The lowest BCUT2D eigenvalue weighted by Gasteiger charge is -2.06. The van der Waals surface area contributed by atoms with Gasteiger partial charge in [-0.05, 0) is 48.5 Å². The molecule has 0 atom stereocenters. The van der Waals surface area contributed by atoms with E-state index in [1.807, 2.05) is 18.2 Å². The third-order valence-electron chi connectivity index (χ3n) is 3.36. The molecule has 0 aliphatic carbocycles. The van der Waals surface area contributed by atoms with Crippen LogP contribution in [0.3, 0.4) is 0 Å². The van der Waals surface area contributed by atoms with Crippen molar-refractivity contribution < 1.29 is 9.52 Å². The summed E-state index contributed by atoms with van der Waals surface area (Å²) < 4.78 is 5.71. The molecule has 0 radical (unpaired) electrons. The molecule has 1 aromatic heterocycles. The van der Waals surface area contributed by atoms with Gasteiger partial charge in [0.1, 0.15) is 11.3 Å². The molecule has 0 saturated carbocycles. The number of hydrogen-bond donors (Lipinski definition) is 3. The Hall–Kier alpha value is -2.60. The average molecular weight is 313 g/mol. The summed E-state index contributed by atoms with van der Waals surface area (Å²) in [5.74, 6) is 0.422. The number of nitrogens with zero attached hydrogens (tertiary/aromatic N) is 1. The van der Waals surface area contributed by atoms with E-state index >= 15 is 0 Å². The first-order valence-electron chi connectivity index (χ1n) is 6.86. The Kier molecular flexibility index (Phi) is 3.68. The Balaban J connectivity index is 2.01. The fraction of sp³-hybridized carbons (Fsp3) is 0.125. The van der Waals surface area contributed by atoms with Crippen molar-refractivity contribution in [3.8, 4) is 17.2 Å². The van der Waals surface area contributed by atoms with Crippen molar-refractivity contribution in [2.45, 2.75) is 13.3 Å². The molecule has 0 spiro atoms. The smallest absolute Gasteiger partial charge is 0.231 e. The van der Waals surface area contributed by atoms with Crippen LogP contribution in [0.4, 0.5) is 5.69 Å². The van der Waals surface area contributed by atoms with Gasteiger partial charge in [0.05, 0.1) is 5.56 Å². The van der Waals surface area contributed by atoms with Gasteiger partial charge in [-0.2, -0.15) is 0 Å². The fourth-order valence-corrected chi connectivity index (χ4v) is 2.36. The number of aromatic hydroxyl groups is 1. The highest BCUT2D eigenvalue weighted by atomic mass is 32.1. The normalized spacial score (nSPS) is 10.8. The minimum Gasteiger partial charge on any atom is -0.507 e. The number of aryl methyl sites for hydroxylation is 1. The zero-order chi connectivity index (χ0) is 15.7. The molecule has 3 aromatic rings. The standard InChI is InChI=1S/C16H15N3O2S/c1-2-9-3-6-14-12(7-9)19-15(21-14)11-5-4-10(8-13(11)20)18-16(17)22/h3-8,20H,2H2,1H3,(H3,17,18,22). The van der Waals surface area contributed by atoms with E-state index in [4.69, 9.17) is 22.4 Å². The molecule has 0 unspecified atom stereocenters. The van der Waals surface area contributed by atoms with Crippen LogP contribution in [0, 0.1) is 0 Å². The average Bonchev–Trinajstić information content (AvgIpc) is 2.89. The number of oxazole rings is 1. The molecule has 3 rings (SSSR count). The number of thiocarbonyl (C=S) groups is 1. The van der Waals surface area contributed by atoms with Gasteiger partial charge < -0.3 is 20.6 Å². The van der Waals surface area contributed by atoms with E-state index in [2.05, 4.69) is 17.2 Å². The Morgan fingerprint density at radius 2 is 2.14 bits per heavy atom. The molecule has 4 N–H and O–H groups in total. The molecule has 0 saturated heterocycles. The predicted octanol–water partition coefficient (Wildman–Crippen LogP) is 3.42. The third-order valence-corrected chi connectivity index (χ3v) is 3.46. The van der Waals surface area contributed by atoms with Crippen molar-refractivity contribution in [1.29, 1.82) is 0 Å². The SMILES string of the molecule is CCc1ccc2oc(-c3ccc(NC(N)=S)cc3O)nc2c1. The lowest BCUT2D eigenvalue weighted by atomic mass is 10.1. The van der Waals surface area contributed by atoms with Gasteiger partial charge in [0.25, 0.3) is 0 Å². The Morgan fingerprint density at radius 1 is 1.32 bits per heavy atom. The number of anilines is 1. The number of hydrogen-bond acceptors (Lipinski definition) is 4. The van der Waals surface area contributed by atoms with Crippen LogP contribution in [-0.2, 0) is 6.42 Å². The number of nitrogens with two attached hydrogens (primary N) is 1. The van der Waals surface area contributed by atoms with Gasteiger partial charge in [0.15, 0.2) is 10.7 Å². The van der Waals surface area contributed by atoms with E-state index < -0.39 is 0 Å². The van der Waals surface area contributed by atoms with Crippen molar-refractivity contribution in [1.82, 2.24) is 4.98 Å². The molecule has 0 amide bonds. The molecule has 0 bridgehead atoms. The quantitative estimate of drug-likeness (QED) is 0.643. The van der Waals surface area contributed by atoms with Crippen molar-refractivity contribution in [2.24, 2.45) is 5.73 Å². The topological polar surface area (TPSA) is 84.3 Å². The van der Waals surface area contributed by atoms with Gasteiger partial charge in [-0.25, -0.2) is 4.98 Å². The van der Waals surface area contributed by atoms with E-state index in [-0.39, 0.29) is 10.9 Å². The molecule has 112 valence electrons. The van der Waals surface area contributed by atoms with Crippen LogP contribution in [0.2, 0.25) is 0 Å². The number of phenolic OH excluding ortho intramolecular Hbond substituents is 1. The van der Waals surface area contributed by atoms with Gasteiger partial charge in [-0.15, -0.1) is 0 Å². The van der Waals surface area contributed by atoms with Gasteiger partial charge in [-0.1, -0.05) is 13.0 Å². The molecule has 5 nitrogen and oxygen atoms in total. The predicted molar refractivity (Wildman–Crippen MR) is 90.9 cm³/mol. The number of phenols is 1. The highest BCUT2D eigenvalue weighted by Gasteiger charge is 2.13. The lowest BCUT2D eigenvalue weighted by Crippen LogP contribution is -2.18. The summed E-state index contributed by atoms with van der Waals surface area (Å²) in [6, 6.07) is 10.9. The van der Waals surface area contributed by atoms with Crippen molar-refractivity contribution in [2.75, 3.05) is 5.32 Å². The van der Waals surface area contributed by atoms with Gasteiger partial charge in [0.2, 0.25) is 5.89 Å². The van der Waals surface area contributed by atoms with Crippen LogP contribution >= 0.6 is 12.2 Å². The van der Waals surface area contributed by atoms with Crippen LogP contribution in [-0.4, -0.2) is 15.2 Å². The van der Waals surface area contributed by atoms with Crippen molar-refractivity contribution in [3.63, 3.8) is 0 Å². The zero-order valence-electron chi connectivity index (χ0n) is 12.0.